The number of hydrogen-bond acceptors (Lipinski definition) is 8. The van der Waals surface area contributed by atoms with Gasteiger partial charge in [-0.25, -0.2) is 14.3 Å². The van der Waals surface area contributed by atoms with Gasteiger partial charge in [0.25, 0.3) is 5.91 Å². The fourth-order valence-electron chi connectivity index (χ4n) is 4.16. The summed E-state index contributed by atoms with van der Waals surface area (Å²) in [4.78, 5) is 49.7. The van der Waals surface area contributed by atoms with E-state index in [4.69, 9.17) is 0 Å². The molecule has 4 heterocycles. The molecule has 3 aliphatic heterocycles. The van der Waals surface area contributed by atoms with Crippen LogP contribution in [0.4, 0.5) is 4.79 Å². The van der Waals surface area contributed by atoms with Gasteiger partial charge in [-0.15, -0.1) is 5.10 Å². The molecular weight excluding hydrogens is 406 g/mol. The second-order valence-corrected chi connectivity index (χ2v) is 7.72. The molecule has 0 aliphatic carbocycles. The molecule has 1 aromatic rings. The molecule has 29 heavy (non-hydrogen) atoms. The summed E-state index contributed by atoms with van der Waals surface area (Å²) < 4.78 is 1.30. The average Bonchev–Trinajstić information content (AvgIpc) is 3.25. The van der Waals surface area contributed by atoms with Gasteiger partial charge in [0.2, 0.25) is 11.1 Å². The Bertz CT molecular complexity index is 945. The van der Waals surface area contributed by atoms with Crippen LogP contribution in [0.15, 0.2) is 16.4 Å². The SMILES string of the molecule is CNC(=O)Cn1nnnc1SCC1=C(C(=O)O)N2C(=O)[C@@H]3[C@H]2C1CCN3C(=O)O. The number of aliphatic carboxylic acids is 1. The number of likely N-dealkylation sites (tertiary alicyclic amines) is 1. The zero-order valence-electron chi connectivity index (χ0n) is 15.2. The smallest absolute Gasteiger partial charge is 0.408 e. The molecular formula is C15H17N7O6S. The molecule has 14 heteroatoms. The Morgan fingerprint density at radius 1 is 1.31 bits per heavy atom. The maximum Gasteiger partial charge on any atom is 0.408 e. The molecule has 0 aromatic carbocycles. The Hall–Kier alpha value is -3.16. The zero-order chi connectivity index (χ0) is 20.9. The average molecular weight is 423 g/mol. The van der Waals surface area contributed by atoms with E-state index in [9.17, 15) is 29.4 Å². The number of likely N-dealkylation sites (N-methyl/N-ethyl adjacent to an activating group) is 1. The number of carbonyl (C=O) groups excluding carboxylic acids is 2. The Balaban J connectivity index is 1.57. The minimum Gasteiger partial charge on any atom is -0.477 e. The van der Waals surface area contributed by atoms with Crippen LogP contribution >= 0.6 is 11.8 Å². The molecule has 1 aromatic heterocycles. The Kier molecular flexibility index (Phi) is 4.64. The van der Waals surface area contributed by atoms with Gasteiger partial charge >= 0.3 is 12.1 Å². The van der Waals surface area contributed by atoms with Gasteiger partial charge in [-0.2, -0.15) is 0 Å². The zero-order valence-corrected chi connectivity index (χ0v) is 16.0. The molecule has 3 atom stereocenters. The van der Waals surface area contributed by atoms with Crippen molar-refractivity contribution in [2.24, 2.45) is 5.92 Å². The Morgan fingerprint density at radius 3 is 2.72 bits per heavy atom. The normalized spacial score (nSPS) is 25.0. The first-order valence-corrected chi connectivity index (χ1v) is 9.72. The lowest BCUT2D eigenvalue weighted by molar-refractivity contribution is -0.161. The number of thioether (sulfide) groups is 1. The van der Waals surface area contributed by atoms with Crippen LogP contribution in [0.1, 0.15) is 6.42 Å². The number of carbonyl (C=O) groups is 4. The molecule has 0 saturated carbocycles. The lowest BCUT2D eigenvalue weighted by atomic mass is 9.78. The van der Waals surface area contributed by atoms with E-state index in [0.29, 0.717) is 17.2 Å². The van der Waals surface area contributed by atoms with Crippen molar-refractivity contribution in [1.29, 1.82) is 0 Å². The van der Waals surface area contributed by atoms with Gasteiger partial charge in [0.1, 0.15) is 18.3 Å². The van der Waals surface area contributed by atoms with Crippen LogP contribution in [0.25, 0.3) is 0 Å². The maximum atomic E-state index is 12.5. The topological polar surface area (TPSA) is 171 Å². The monoisotopic (exact) mass is 423 g/mol. The summed E-state index contributed by atoms with van der Waals surface area (Å²) in [5, 5.41) is 33.0. The van der Waals surface area contributed by atoms with E-state index >= 15 is 0 Å². The predicted molar refractivity (Wildman–Crippen MR) is 94.5 cm³/mol. The molecule has 0 radical (unpaired) electrons. The molecule has 4 rings (SSSR count). The lowest BCUT2D eigenvalue weighted by Crippen LogP contribution is -2.73. The van der Waals surface area contributed by atoms with Gasteiger partial charge in [-0.1, -0.05) is 11.8 Å². The molecule has 2 fully saturated rings. The highest BCUT2D eigenvalue weighted by Crippen LogP contribution is 2.49. The fourth-order valence-corrected chi connectivity index (χ4v) is 5.14. The van der Waals surface area contributed by atoms with Crippen molar-refractivity contribution in [3.63, 3.8) is 0 Å². The van der Waals surface area contributed by atoms with E-state index in [1.54, 1.807) is 0 Å². The van der Waals surface area contributed by atoms with Crippen LogP contribution in [0.2, 0.25) is 0 Å². The first-order chi connectivity index (χ1) is 13.8. The standard InChI is InChI=1S/C15H17N7O6S/c1-16-8(23)4-21-14(17-18-19-21)29-5-7-6-2-3-20(15(27)28)11-9(6)22(12(11)24)10(7)13(25)26/h6,9,11H,2-5H2,1H3,(H,16,23)(H,25,26)(H,27,28)/t6?,9-,11+/m1/s1. The van der Waals surface area contributed by atoms with Gasteiger partial charge in [-0.05, 0) is 22.4 Å². The molecule has 2 saturated heterocycles. The molecule has 154 valence electrons. The number of carboxylic acid groups (broad SMARTS) is 2. The summed E-state index contributed by atoms with van der Waals surface area (Å²) in [6.45, 7) is 0.0825. The van der Waals surface area contributed by atoms with Crippen LogP contribution in [-0.4, -0.2) is 95.5 Å². The van der Waals surface area contributed by atoms with Crippen molar-refractivity contribution >= 4 is 35.6 Å². The summed E-state index contributed by atoms with van der Waals surface area (Å²) in [5.74, 6) is -2.06. The number of tetrazole rings is 1. The highest BCUT2D eigenvalue weighted by molar-refractivity contribution is 7.99. The van der Waals surface area contributed by atoms with Crippen molar-refractivity contribution < 1.29 is 29.4 Å². The van der Waals surface area contributed by atoms with E-state index in [0.717, 1.165) is 4.90 Å². The van der Waals surface area contributed by atoms with Crippen LogP contribution < -0.4 is 5.32 Å². The van der Waals surface area contributed by atoms with E-state index in [-0.39, 0.29) is 36.4 Å². The maximum absolute atomic E-state index is 12.5. The number of hydrogen-bond donors (Lipinski definition) is 3. The number of rotatable bonds is 6. The third-order valence-electron chi connectivity index (χ3n) is 5.41. The van der Waals surface area contributed by atoms with E-state index in [2.05, 4.69) is 20.8 Å². The summed E-state index contributed by atoms with van der Waals surface area (Å²) in [6, 6.07) is -1.34. The second-order valence-electron chi connectivity index (χ2n) is 6.77. The number of nitrogens with zero attached hydrogens (tertiary/aromatic N) is 6. The van der Waals surface area contributed by atoms with Crippen LogP contribution in [0.5, 0.6) is 0 Å². The minimum atomic E-state index is -1.23. The number of amides is 3. The van der Waals surface area contributed by atoms with Crippen molar-refractivity contribution in [2.75, 3.05) is 19.3 Å². The summed E-state index contributed by atoms with van der Waals surface area (Å²) in [7, 11) is 1.49. The summed E-state index contributed by atoms with van der Waals surface area (Å²) >= 11 is 1.17. The van der Waals surface area contributed by atoms with Gasteiger partial charge < -0.3 is 15.5 Å². The second kappa shape index (κ2) is 7.02. The summed E-state index contributed by atoms with van der Waals surface area (Å²) in [5.41, 5.74) is 0.467. The first kappa shape index (κ1) is 19.2. The van der Waals surface area contributed by atoms with Gasteiger partial charge in [0.05, 0.1) is 6.04 Å². The van der Waals surface area contributed by atoms with Crippen molar-refractivity contribution in [1.82, 2.24) is 35.3 Å². The quantitative estimate of drug-likeness (QED) is 0.359. The van der Waals surface area contributed by atoms with Crippen molar-refractivity contribution in [2.45, 2.75) is 30.2 Å². The van der Waals surface area contributed by atoms with E-state index in [1.165, 1.54) is 28.4 Å². The van der Waals surface area contributed by atoms with Crippen LogP contribution in [0, 0.1) is 5.92 Å². The molecule has 0 bridgehead atoms. The minimum absolute atomic E-state index is 0.0804. The number of nitrogens with one attached hydrogen (secondary N) is 1. The van der Waals surface area contributed by atoms with Crippen LogP contribution in [0.3, 0.4) is 0 Å². The fraction of sp³-hybridized carbons (Fsp3) is 0.533. The number of piperidine rings is 1. The largest absolute Gasteiger partial charge is 0.477 e. The van der Waals surface area contributed by atoms with E-state index in [1.807, 2.05) is 0 Å². The Labute approximate surface area is 167 Å². The van der Waals surface area contributed by atoms with Gasteiger partial charge in [-0.3, -0.25) is 19.4 Å². The molecule has 1 unspecified atom stereocenters. The van der Waals surface area contributed by atoms with E-state index < -0.39 is 30.1 Å². The number of aromatic nitrogens is 4. The van der Waals surface area contributed by atoms with Gasteiger partial charge in [0.15, 0.2) is 0 Å². The highest BCUT2D eigenvalue weighted by atomic mass is 32.2. The molecule has 0 spiro atoms. The molecule has 13 nitrogen and oxygen atoms in total. The third-order valence-corrected chi connectivity index (χ3v) is 6.42. The molecule has 3 aliphatic rings. The van der Waals surface area contributed by atoms with Crippen molar-refractivity contribution in [3.8, 4) is 0 Å². The van der Waals surface area contributed by atoms with Crippen molar-refractivity contribution in [3.05, 3.63) is 11.3 Å². The van der Waals surface area contributed by atoms with Crippen LogP contribution in [-0.2, 0) is 20.9 Å². The Morgan fingerprint density at radius 2 is 2.07 bits per heavy atom. The first-order valence-electron chi connectivity index (χ1n) is 8.73. The molecule has 3 N–H and O–H groups in total. The lowest BCUT2D eigenvalue weighted by Gasteiger charge is -2.52. The number of carboxylic acids is 1. The molecule has 3 amide bonds. The number of β-lactam (4-membered cyclic amide) rings is 1. The summed E-state index contributed by atoms with van der Waals surface area (Å²) in [6.07, 6.45) is -0.762. The predicted octanol–water partition coefficient (Wildman–Crippen LogP) is -1.56. The third kappa shape index (κ3) is 2.90. The van der Waals surface area contributed by atoms with Gasteiger partial charge in [0, 0.05) is 25.3 Å². The highest BCUT2D eigenvalue weighted by Gasteiger charge is 2.64.